The van der Waals surface area contributed by atoms with E-state index >= 15 is 0 Å². The molecule has 4 heteroatoms. The van der Waals surface area contributed by atoms with E-state index < -0.39 is 0 Å². The molecule has 1 aliphatic rings. The predicted molar refractivity (Wildman–Crippen MR) is 87.7 cm³/mol. The molecule has 1 N–H and O–H groups in total. The van der Waals surface area contributed by atoms with Crippen molar-refractivity contribution in [2.75, 3.05) is 13.7 Å². The maximum Gasteiger partial charge on any atom is 0.0949 e. The zero-order chi connectivity index (χ0) is 14.7. The van der Waals surface area contributed by atoms with E-state index in [1.165, 1.54) is 10.6 Å². The molecule has 1 aromatic carbocycles. The molecule has 21 heavy (non-hydrogen) atoms. The first-order valence-corrected chi connectivity index (χ1v) is 8.40. The van der Waals surface area contributed by atoms with Gasteiger partial charge in [0, 0.05) is 30.0 Å². The van der Waals surface area contributed by atoms with Gasteiger partial charge in [0.25, 0.3) is 0 Å². The van der Waals surface area contributed by atoms with Crippen LogP contribution in [0.2, 0.25) is 0 Å². The maximum atomic E-state index is 5.97. The molecule has 0 radical (unpaired) electrons. The Hall–Kier alpha value is -1.23. The van der Waals surface area contributed by atoms with Gasteiger partial charge in [0.1, 0.15) is 0 Å². The van der Waals surface area contributed by atoms with Crippen LogP contribution in [0.5, 0.6) is 0 Å². The van der Waals surface area contributed by atoms with Crippen molar-refractivity contribution in [2.24, 2.45) is 0 Å². The van der Waals surface area contributed by atoms with Crippen LogP contribution in [-0.4, -0.2) is 30.3 Å². The van der Waals surface area contributed by atoms with Gasteiger partial charge < -0.3 is 10.1 Å². The van der Waals surface area contributed by atoms with Crippen molar-refractivity contribution >= 4 is 11.3 Å². The highest BCUT2D eigenvalue weighted by Gasteiger charge is 2.37. The maximum absolute atomic E-state index is 5.97. The lowest BCUT2D eigenvalue weighted by Crippen LogP contribution is -2.48. The summed E-state index contributed by atoms with van der Waals surface area (Å²) < 4.78 is 5.97. The van der Waals surface area contributed by atoms with Gasteiger partial charge in [-0.25, -0.2) is 4.98 Å². The first-order valence-electron chi connectivity index (χ1n) is 7.52. The molecule has 0 bridgehead atoms. The fourth-order valence-electron chi connectivity index (χ4n) is 3.02. The molecule has 1 aromatic heterocycles. The Balaban J connectivity index is 1.74. The summed E-state index contributed by atoms with van der Waals surface area (Å²) in [5.74, 6) is 0. The van der Waals surface area contributed by atoms with Crippen LogP contribution in [0, 0.1) is 0 Å². The van der Waals surface area contributed by atoms with Gasteiger partial charge in [0.15, 0.2) is 0 Å². The molecule has 112 valence electrons. The van der Waals surface area contributed by atoms with E-state index in [4.69, 9.17) is 9.72 Å². The number of hydrogen-bond acceptors (Lipinski definition) is 4. The van der Waals surface area contributed by atoms with Crippen LogP contribution in [0.25, 0.3) is 11.3 Å². The monoisotopic (exact) mass is 302 g/mol. The molecular weight excluding hydrogens is 280 g/mol. The molecular formula is C17H22N2OS. The van der Waals surface area contributed by atoms with Crippen molar-refractivity contribution < 1.29 is 4.74 Å². The van der Waals surface area contributed by atoms with E-state index in [9.17, 15) is 0 Å². The molecule has 2 aromatic rings. The SMILES string of the molecule is CNC(Cc1nc(-c2ccccc2)cs1)C1(C)CCCO1. The van der Waals surface area contributed by atoms with Crippen molar-refractivity contribution in [3.8, 4) is 11.3 Å². The number of aromatic nitrogens is 1. The Morgan fingerprint density at radius 2 is 2.19 bits per heavy atom. The molecule has 0 spiro atoms. The highest BCUT2D eigenvalue weighted by atomic mass is 32.1. The summed E-state index contributed by atoms with van der Waals surface area (Å²) >= 11 is 1.74. The second kappa shape index (κ2) is 6.26. The molecule has 2 atom stereocenters. The molecule has 1 fully saturated rings. The van der Waals surface area contributed by atoms with Crippen LogP contribution < -0.4 is 5.32 Å². The van der Waals surface area contributed by atoms with E-state index in [1.807, 2.05) is 13.1 Å². The Labute approximate surface area is 130 Å². The summed E-state index contributed by atoms with van der Waals surface area (Å²) in [6, 6.07) is 10.7. The minimum absolute atomic E-state index is 0.0622. The molecule has 2 heterocycles. The largest absolute Gasteiger partial charge is 0.374 e. The Morgan fingerprint density at radius 3 is 2.86 bits per heavy atom. The van der Waals surface area contributed by atoms with Gasteiger partial charge in [-0.2, -0.15) is 0 Å². The van der Waals surface area contributed by atoms with E-state index in [0.717, 1.165) is 31.6 Å². The third kappa shape index (κ3) is 3.18. The summed E-state index contributed by atoms with van der Waals surface area (Å²) in [5, 5.41) is 6.74. The van der Waals surface area contributed by atoms with Crippen LogP contribution in [0.1, 0.15) is 24.8 Å². The Bertz CT molecular complexity index is 575. The lowest BCUT2D eigenvalue weighted by atomic mass is 9.91. The smallest absolute Gasteiger partial charge is 0.0949 e. The van der Waals surface area contributed by atoms with E-state index in [0.29, 0.717) is 6.04 Å². The summed E-state index contributed by atoms with van der Waals surface area (Å²) in [7, 11) is 2.02. The number of nitrogens with zero attached hydrogens (tertiary/aromatic N) is 1. The van der Waals surface area contributed by atoms with E-state index in [-0.39, 0.29) is 5.60 Å². The van der Waals surface area contributed by atoms with Crippen molar-refractivity contribution in [3.63, 3.8) is 0 Å². The fourth-order valence-corrected chi connectivity index (χ4v) is 3.87. The topological polar surface area (TPSA) is 34.2 Å². The summed E-state index contributed by atoms with van der Waals surface area (Å²) in [6.07, 6.45) is 3.20. The van der Waals surface area contributed by atoms with E-state index in [2.05, 4.69) is 41.9 Å². The van der Waals surface area contributed by atoms with Gasteiger partial charge in [0.2, 0.25) is 0 Å². The molecule has 0 aliphatic carbocycles. The van der Waals surface area contributed by atoms with Crippen molar-refractivity contribution in [1.29, 1.82) is 0 Å². The molecule has 1 saturated heterocycles. The standard InChI is InChI=1S/C17H22N2OS/c1-17(9-6-10-20-17)15(18-2)11-16-19-14(12-21-16)13-7-4-3-5-8-13/h3-5,7-8,12,15,18H,6,9-11H2,1-2H3. The van der Waals surface area contributed by atoms with Gasteiger partial charge >= 0.3 is 0 Å². The van der Waals surface area contributed by atoms with Gasteiger partial charge in [-0.15, -0.1) is 11.3 Å². The minimum Gasteiger partial charge on any atom is -0.374 e. The average Bonchev–Trinajstić information content (AvgIpc) is 3.15. The zero-order valence-corrected chi connectivity index (χ0v) is 13.5. The average molecular weight is 302 g/mol. The second-order valence-electron chi connectivity index (χ2n) is 5.80. The van der Waals surface area contributed by atoms with Gasteiger partial charge in [-0.05, 0) is 26.8 Å². The van der Waals surface area contributed by atoms with Gasteiger partial charge in [-0.3, -0.25) is 0 Å². The normalized spacial score (nSPS) is 23.3. The Kier molecular flexibility index (Phi) is 4.38. The van der Waals surface area contributed by atoms with Gasteiger partial charge in [-0.1, -0.05) is 30.3 Å². The third-order valence-electron chi connectivity index (χ3n) is 4.33. The molecule has 3 rings (SSSR count). The van der Waals surface area contributed by atoms with Crippen LogP contribution >= 0.6 is 11.3 Å². The summed E-state index contributed by atoms with van der Waals surface area (Å²) in [4.78, 5) is 4.79. The number of nitrogens with one attached hydrogen (secondary N) is 1. The highest BCUT2D eigenvalue weighted by Crippen LogP contribution is 2.31. The van der Waals surface area contributed by atoms with Crippen molar-refractivity contribution in [3.05, 3.63) is 40.7 Å². The van der Waals surface area contributed by atoms with Crippen molar-refractivity contribution in [2.45, 2.75) is 37.8 Å². The molecule has 1 aliphatic heterocycles. The summed E-state index contributed by atoms with van der Waals surface area (Å²) in [5.41, 5.74) is 2.19. The number of ether oxygens (including phenoxy) is 1. The third-order valence-corrected chi connectivity index (χ3v) is 5.21. The van der Waals surface area contributed by atoms with Crippen LogP contribution in [-0.2, 0) is 11.2 Å². The number of likely N-dealkylation sites (N-methyl/N-ethyl adjacent to an activating group) is 1. The van der Waals surface area contributed by atoms with Crippen LogP contribution in [0.4, 0.5) is 0 Å². The quantitative estimate of drug-likeness (QED) is 0.918. The highest BCUT2D eigenvalue weighted by molar-refractivity contribution is 7.09. The minimum atomic E-state index is -0.0622. The lowest BCUT2D eigenvalue weighted by molar-refractivity contribution is -0.00944. The predicted octanol–water partition coefficient (Wildman–Crippen LogP) is 3.51. The van der Waals surface area contributed by atoms with Crippen LogP contribution in [0.15, 0.2) is 35.7 Å². The molecule has 0 saturated carbocycles. The van der Waals surface area contributed by atoms with Crippen LogP contribution in [0.3, 0.4) is 0 Å². The Morgan fingerprint density at radius 1 is 1.38 bits per heavy atom. The first kappa shape index (κ1) is 14.7. The fraction of sp³-hybridized carbons (Fsp3) is 0.471. The van der Waals surface area contributed by atoms with Crippen molar-refractivity contribution in [1.82, 2.24) is 10.3 Å². The molecule has 3 nitrogen and oxygen atoms in total. The molecule has 2 unspecified atom stereocenters. The lowest BCUT2D eigenvalue weighted by Gasteiger charge is -2.32. The van der Waals surface area contributed by atoms with Gasteiger partial charge in [0.05, 0.1) is 16.3 Å². The first-order chi connectivity index (χ1) is 10.2. The summed E-state index contributed by atoms with van der Waals surface area (Å²) in [6.45, 7) is 3.09. The number of benzene rings is 1. The number of thiazole rings is 1. The zero-order valence-electron chi connectivity index (χ0n) is 12.6. The molecule has 0 amide bonds. The number of rotatable bonds is 5. The second-order valence-corrected chi connectivity index (χ2v) is 6.75. The van der Waals surface area contributed by atoms with E-state index in [1.54, 1.807) is 11.3 Å². The number of hydrogen-bond donors (Lipinski definition) is 1.